The predicted molar refractivity (Wildman–Crippen MR) is 83.2 cm³/mol. The second-order valence-electron chi connectivity index (χ2n) is 5.23. The topological polar surface area (TPSA) is 62.3 Å². The summed E-state index contributed by atoms with van der Waals surface area (Å²) in [5, 5.41) is 2.66. The first-order valence-corrected chi connectivity index (χ1v) is 7.32. The van der Waals surface area contributed by atoms with Crippen molar-refractivity contribution in [2.24, 2.45) is 0 Å². The maximum atomic E-state index is 12.4. The Morgan fingerprint density at radius 2 is 2.05 bits per heavy atom. The summed E-state index contributed by atoms with van der Waals surface area (Å²) in [4.78, 5) is 30.0. The maximum Gasteiger partial charge on any atom is 0.316 e. The molecular weight excluding hydrogens is 278 g/mol. The third kappa shape index (κ3) is 2.98. The largest absolute Gasteiger partial charge is 0.344 e. The van der Waals surface area contributed by atoms with Gasteiger partial charge in [0.2, 0.25) is 0 Å². The lowest BCUT2D eigenvalue weighted by molar-refractivity contribution is -0.137. The highest BCUT2D eigenvalue weighted by atomic mass is 16.2. The molecule has 0 saturated carbocycles. The molecule has 0 fully saturated rings. The highest BCUT2D eigenvalue weighted by molar-refractivity contribution is 6.40. The molecule has 0 radical (unpaired) electrons. The summed E-state index contributed by atoms with van der Waals surface area (Å²) >= 11 is 0. The van der Waals surface area contributed by atoms with E-state index in [0.29, 0.717) is 13.1 Å². The number of rotatable bonds is 2. The summed E-state index contributed by atoms with van der Waals surface area (Å²) < 4.78 is 0. The molecule has 2 heterocycles. The predicted octanol–water partition coefficient (Wildman–Crippen LogP) is 1.68. The smallest absolute Gasteiger partial charge is 0.316 e. The molecule has 2 amide bonds. The van der Waals surface area contributed by atoms with Crippen LogP contribution in [0.15, 0.2) is 48.8 Å². The Morgan fingerprint density at radius 1 is 1.18 bits per heavy atom. The van der Waals surface area contributed by atoms with Gasteiger partial charge < -0.3 is 10.2 Å². The third-order valence-electron chi connectivity index (χ3n) is 3.73. The molecule has 0 saturated heterocycles. The van der Waals surface area contributed by atoms with Crippen molar-refractivity contribution in [3.05, 3.63) is 59.9 Å². The highest BCUT2D eigenvalue weighted by Gasteiger charge is 2.26. The number of aromatic nitrogens is 1. The molecule has 1 aromatic carbocycles. The van der Waals surface area contributed by atoms with Crippen LogP contribution < -0.4 is 10.2 Å². The number of anilines is 1. The molecule has 3 rings (SSSR count). The van der Waals surface area contributed by atoms with Crippen molar-refractivity contribution in [3.8, 4) is 0 Å². The van der Waals surface area contributed by atoms with Gasteiger partial charge in [-0.1, -0.05) is 24.3 Å². The zero-order chi connectivity index (χ0) is 15.4. The van der Waals surface area contributed by atoms with Gasteiger partial charge in [-0.05, 0) is 36.1 Å². The van der Waals surface area contributed by atoms with Crippen LogP contribution >= 0.6 is 0 Å². The Labute approximate surface area is 129 Å². The first kappa shape index (κ1) is 14.3. The molecule has 0 unspecified atom stereocenters. The molecule has 1 aliphatic rings. The normalized spacial score (nSPS) is 13.4. The number of aryl methyl sites for hydroxylation is 1. The second-order valence-corrected chi connectivity index (χ2v) is 5.23. The van der Waals surface area contributed by atoms with Crippen LogP contribution in [0.25, 0.3) is 0 Å². The Bertz CT molecular complexity index is 685. The molecule has 1 aromatic heterocycles. The SMILES string of the molecule is O=C(NCc1cccnc1)C(=O)N1CCCc2ccccc21. The summed E-state index contributed by atoms with van der Waals surface area (Å²) in [6.07, 6.45) is 5.15. The van der Waals surface area contributed by atoms with Crippen molar-refractivity contribution in [1.29, 1.82) is 0 Å². The van der Waals surface area contributed by atoms with E-state index in [4.69, 9.17) is 0 Å². The van der Waals surface area contributed by atoms with Crippen molar-refractivity contribution >= 4 is 17.5 Å². The van der Waals surface area contributed by atoms with Crippen LogP contribution in [0.3, 0.4) is 0 Å². The molecule has 5 heteroatoms. The number of nitrogens with one attached hydrogen (secondary N) is 1. The Balaban J connectivity index is 1.68. The van der Waals surface area contributed by atoms with Crippen LogP contribution in [-0.4, -0.2) is 23.3 Å². The highest BCUT2D eigenvalue weighted by Crippen LogP contribution is 2.26. The number of carbonyl (C=O) groups excluding carboxylic acids is 2. The average Bonchev–Trinajstić information content (AvgIpc) is 2.59. The maximum absolute atomic E-state index is 12.4. The van der Waals surface area contributed by atoms with E-state index >= 15 is 0 Å². The Hall–Kier alpha value is -2.69. The number of fused-ring (bicyclic) bond motifs is 1. The van der Waals surface area contributed by atoms with Crippen molar-refractivity contribution in [3.63, 3.8) is 0 Å². The number of nitrogens with zero attached hydrogens (tertiary/aromatic N) is 2. The number of hydrogen-bond acceptors (Lipinski definition) is 3. The minimum atomic E-state index is -0.583. The lowest BCUT2D eigenvalue weighted by Crippen LogP contribution is -2.45. The van der Waals surface area contributed by atoms with Gasteiger partial charge in [0.05, 0.1) is 0 Å². The van der Waals surface area contributed by atoms with E-state index in [-0.39, 0.29) is 0 Å². The van der Waals surface area contributed by atoms with Gasteiger partial charge in [0.15, 0.2) is 0 Å². The Kier molecular flexibility index (Phi) is 4.14. The average molecular weight is 295 g/mol. The number of para-hydroxylation sites is 1. The molecule has 2 aromatic rings. The number of hydrogen-bond donors (Lipinski definition) is 1. The van der Waals surface area contributed by atoms with Crippen LogP contribution in [0.1, 0.15) is 17.5 Å². The zero-order valence-electron chi connectivity index (χ0n) is 12.2. The molecule has 22 heavy (non-hydrogen) atoms. The molecule has 5 nitrogen and oxygen atoms in total. The second kappa shape index (κ2) is 6.39. The van der Waals surface area contributed by atoms with E-state index in [1.807, 2.05) is 30.3 Å². The summed E-state index contributed by atoms with van der Waals surface area (Å²) in [5.41, 5.74) is 2.82. The molecule has 0 atom stereocenters. The van der Waals surface area contributed by atoms with Gasteiger partial charge in [0.1, 0.15) is 0 Å². The molecular formula is C17H17N3O2. The molecule has 0 aliphatic carbocycles. The summed E-state index contributed by atoms with van der Waals surface area (Å²) in [6.45, 7) is 0.879. The summed E-state index contributed by atoms with van der Waals surface area (Å²) in [6, 6.07) is 11.4. The zero-order valence-corrected chi connectivity index (χ0v) is 12.2. The first-order chi connectivity index (χ1) is 10.8. The van der Waals surface area contributed by atoms with Gasteiger partial charge in [0.25, 0.3) is 0 Å². The van der Waals surface area contributed by atoms with Crippen molar-refractivity contribution < 1.29 is 9.59 Å². The number of amides is 2. The van der Waals surface area contributed by atoms with Crippen molar-refractivity contribution in [2.45, 2.75) is 19.4 Å². The van der Waals surface area contributed by atoms with Gasteiger partial charge in [0, 0.05) is 31.2 Å². The van der Waals surface area contributed by atoms with E-state index in [1.54, 1.807) is 23.4 Å². The monoisotopic (exact) mass is 295 g/mol. The van der Waals surface area contributed by atoms with Crippen LogP contribution in [0.2, 0.25) is 0 Å². The van der Waals surface area contributed by atoms with Gasteiger partial charge in [-0.25, -0.2) is 0 Å². The fourth-order valence-electron chi connectivity index (χ4n) is 2.63. The summed E-state index contributed by atoms with van der Waals surface area (Å²) in [7, 11) is 0. The number of benzene rings is 1. The summed E-state index contributed by atoms with van der Waals surface area (Å²) in [5.74, 6) is -1.09. The lowest BCUT2D eigenvalue weighted by Gasteiger charge is -2.28. The van der Waals surface area contributed by atoms with Gasteiger partial charge in [-0.2, -0.15) is 0 Å². The standard InChI is InChI=1S/C17H17N3O2/c21-16(19-12-13-5-3-9-18-11-13)17(22)20-10-4-7-14-6-1-2-8-15(14)20/h1-3,5-6,8-9,11H,4,7,10,12H2,(H,19,21). The van der Waals surface area contributed by atoms with Gasteiger partial charge in [-0.3, -0.25) is 14.6 Å². The number of carbonyl (C=O) groups is 2. The molecule has 1 aliphatic heterocycles. The van der Waals surface area contributed by atoms with Crippen LogP contribution in [0.4, 0.5) is 5.69 Å². The van der Waals surface area contributed by atoms with Crippen LogP contribution in [-0.2, 0) is 22.6 Å². The van der Waals surface area contributed by atoms with E-state index in [1.165, 1.54) is 0 Å². The quantitative estimate of drug-likeness (QED) is 0.857. The molecule has 1 N–H and O–H groups in total. The van der Waals surface area contributed by atoms with E-state index in [2.05, 4.69) is 10.3 Å². The van der Waals surface area contributed by atoms with E-state index in [0.717, 1.165) is 29.7 Å². The van der Waals surface area contributed by atoms with Crippen LogP contribution in [0.5, 0.6) is 0 Å². The van der Waals surface area contributed by atoms with Gasteiger partial charge >= 0.3 is 11.8 Å². The fourth-order valence-corrected chi connectivity index (χ4v) is 2.63. The van der Waals surface area contributed by atoms with Crippen LogP contribution in [0, 0.1) is 0 Å². The van der Waals surface area contributed by atoms with E-state index < -0.39 is 11.8 Å². The van der Waals surface area contributed by atoms with Crippen molar-refractivity contribution in [1.82, 2.24) is 10.3 Å². The first-order valence-electron chi connectivity index (χ1n) is 7.32. The molecule has 112 valence electrons. The Morgan fingerprint density at radius 3 is 2.86 bits per heavy atom. The molecule has 0 bridgehead atoms. The van der Waals surface area contributed by atoms with Crippen molar-refractivity contribution in [2.75, 3.05) is 11.4 Å². The van der Waals surface area contributed by atoms with Gasteiger partial charge in [-0.15, -0.1) is 0 Å². The molecule has 0 spiro atoms. The fraction of sp³-hybridized carbons (Fsp3) is 0.235. The lowest BCUT2D eigenvalue weighted by atomic mass is 10.0. The number of pyridine rings is 1. The third-order valence-corrected chi connectivity index (χ3v) is 3.73. The minimum Gasteiger partial charge on any atom is -0.344 e. The van der Waals surface area contributed by atoms with E-state index in [9.17, 15) is 9.59 Å². The minimum absolute atomic E-state index is 0.300.